The van der Waals surface area contributed by atoms with Crippen LogP contribution < -0.4 is 29.1 Å². The minimum absolute atomic E-state index is 0. The van der Waals surface area contributed by atoms with Crippen molar-refractivity contribution in [1.82, 2.24) is 0 Å². The number of hydrogen-bond donors (Lipinski definition) is 0. The second-order valence-electron chi connectivity index (χ2n) is 1.31. The molecule has 0 atom stereocenters. The number of halogens is 1. The van der Waals surface area contributed by atoms with Gasteiger partial charge in [0, 0.05) is 0 Å². The summed E-state index contributed by atoms with van der Waals surface area (Å²) >= 11 is 0. The van der Waals surface area contributed by atoms with Crippen molar-refractivity contribution in [2.45, 2.75) is 0 Å². The average Bonchev–Trinajstić information content (AvgIpc) is 1.69. The molecular weight excluding hydrogens is 239 g/mol. The molecule has 0 aliphatic heterocycles. The summed E-state index contributed by atoms with van der Waals surface area (Å²) < 4.78 is 0. The van der Waals surface area contributed by atoms with Gasteiger partial charge in [-0.15, -0.1) is 5.75 Å². The summed E-state index contributed by atoms with van der Waals surface area (Å²) in [5, 5.41) is 10.3. The first-order valence-corrected chi connectivity index (χ1v) is 2.11. The Bertz CT molecular complexity index is 143. The van der Waals surface area contributed by atoms with Crippen LogP contribution >= 0.6 is 0 Å². The summed E-state index contributed by atoms with van der Waals surface area (Å²) in [4.78, 5) is 0. The Hall–Kier alpha value is 0.516. The Morgan fingerprint density at radius 3 is 1.67 bits per heavy atom. The number of benzene rings is 1. The summed E-state index contributed by atoms with van der Waals surface area (Å²) in [5.74, 6) is 0.0718. The second kappa shape index (κ2) is 6.63. The normalized spacial score (nSPS) is 6.67. The topological polar surface area (TPSA) is 23.1 Å². The molecule has 0 saturated carbocycles. The molecule has 44 valence electrons. The Morgan fingerprint density at radius 2 is 1.44 bits per heavy atom. The Labute approximate surface area is 87.6 Å². The summed E-state index contributed by atoms with van der Waals surface area (Å²) in [7, 11) is 0. The molecule has 9 heavy (non-hydrogen) atoms. The minimum Gasteiger partial charge on any atom is -1.00 e. The van der Waals surface area contributed by atoms with Gasteiger partial charge in [-0.25, -0.2) is 0 Å². The van der Waals surface area contributed by atoms with Crippen molar-refractivity contribution in [1.29, 1.82) is 0 Å². The van der Waals surface area contributed by atoms with Crippen LogP contribution in [0.4, 0.5) is 0 Å². The quantitative estimate of drug-likeness (QED) is 0.362. The Morgan fingerprint density at radius 1 is 1.00 bits per heavy atom. The first-order valence-electron chi connectivity index (χ1n) is 2.11. The van der Waals surface area contributed by atoms with Crippen LogP contribution in [0.1, 0.15) is 0 Å². The Kier molecular flexibility index (Phi) is 9.00. The zero-order valence-electron chi connectivity index (χ0n) is 4.88. The van der Waals surface area contributed by atoms with Gasteiger partial charge in [-0.1, -0.05) is 30.3 Å². The zero-order valence-corrected chi connectivity index (χ0v) is 8.45. The molecule has 1 aromatic rings. The van der Waals surface area contributed by atoms with Gasteiger partial charge in [-0.2, -0.15) is 0 Å². The molecule has 0 aromatic heterocycles. The fraction of sp³-hybridized carbons (Fsp3) is 0. The van der Waals surface area contributed by atoms with Crippen molar-refractivity contribution >= 4 is 23.1 Å². The van der Waals surface area contributed by atoms with Crippen LogP contribution in [-0.4, -0.2) is 23.1 Å². The van der Waals surface area contributed by atoms with Crippen LogP contribution in [0.15, 0.2) is 30.3 Å². The fourth-order valence-electron chi connectivity index (χ4n) is 0.420. The fourth-order valence-corrected chi connectivity index (χ4v) is 0.420. The summed E-state index contributed by atoms with van der Waals surface area (Å²) in [6.07, 6.45) is 0. The number of hydrogen-bond acceptors (Lipinski definition) is 1. The van der Waals surface area contributed by atoms with Crippen molar-refractivity contribution in [3.8, 4) is 5.75 Å². The molecule has 1 rings (SSSR count). The van der Waals surface area contributed by atoms with E-state index in [0.29, 0.717) is 0 Å². The van der Waals surface area contributed by atoms with Gasteiger partial charge in [0.05, 0.1) is 0 Å². The van der Waals surface area contributed by atoms with E-state index in [-0.39, 0.29) is 52.8 Å². The monoisotopic (exact) mass is 244 g/mol. The van der Waals surface area contributed by atoms with E-state index in [1.54, 1.807) is 12.1 Å². The smallest absolute Gasteiger partial charge is 1.00 e. The van der Waals surface area contributed by atoms with Crippen LogP contribution in [0.3, 0.4) is 0 Å². The van der Waals surface area contributed by atoms with Crippen molar-refractivity contribution in [2.24, 2.45) is 0 Å². The first-order chi connectivity index (χ1) is 3.39. The zero-order chi connectivity index (χ0) is 5.11. The van der Waals surface area contributed by atoms with Gasteiger partial charge in [0.25, 0.3) is 0 Å². The second-order valence-corrected chi connectivity index (χ2v) is 1.31. The molecule has 0 amide bonds. The summed E-state index contributed by atoms with van der Waals surface area (Å²) in [5.41, 5.74) is 0. The molecule has 3 heteroatoms. The maximum absolute atomic E-state index is 10.3. The minimum atomic E-state index is 0. The molecule has 0 heterocycles. The maximum Gasteiger partial charge on any atom is 2.00 e. The first kappa shape index (κ1) is 12.2. The van der Waals surface area contributed by atoms with Gasteiger partial charge in [0.2, 0.25) is 0 Å². The molecule has 0 aliphatic carbocycles. The van der Waals surface area contributed by atoms with Crippen molar-refractivity contribution in [2.75, 3.05) is 0 Å². The average molecular weight is 244 g/mol. The van der Waals surface area contributed by atoms with Crippen LogP contribution in [0.25, 0.3) is 0 Å². The molecule has 0 saturated heterocycles. The molecule has 0 radical (unpaired) electrons. The molecule has 0 unspecified atom stereocenters. The predicted octanol–water partition coefficient (Wildman–Crippen LogP) is -2.62. The van der Waals surface area contributed by atoms with Crippen molar-refractivity contribution < 1.29 is 29.1 Å². The third-order valence-corrected chi connectivity index (χ3v) is 0.743. The summed E-state index contributed by atoms with van der Waals surface area (Å²) in [6, 6.07) is 8.33. The van der Waals surface area contributed by atoms with E-state index in [1.807, 2.05) is 6.07 Å². The van der Waals surface area contributed by atoms with Gasteiger partial charge in [-0.3, -0.25) is 0 Å². The van der Waals surface area contributed by atoms with E-state index in [9.17, 15) is 5.11 Å². The number of rotatable bonds is 0. The van der Waals surface area contributed by atoms with E-state index < -0.39 is 0 Å². The molecule has 0 fully saturated rings. The van der Waals surface area contributed by atoms with E-state index >= 15 is 0 Å². The van der Waals surface area contributed by atoms with Crippen molar-refractivity contribution in [3.05, 3.63) is 30.3 Å². The third-order valence-electron chi connectivity index (χ3n) is 0.743. The van der Waals surface area contributed by atoms with Crippen LogP contribution in [0.2, 0.25) is 0 Å². The van der Waals surface area contributed by atoms with Gasteiger partial charge >= 0.3 is 23.1 Å². The molecule has 0 spiro atoms. The third kappa shape index (κ3) is 4.99. The predicted molar refractivity (Wildman–Crippen MR) is 31.6 cm³/mol. The van der Waals surface area contributed by atoms with E-state index in [4.69, 9.17) is 0 Å². The number of para-hydroxylation sites is 1. The van der Waals surface area contributed by atoms with Crippen LogP contribution in [0.5, 0.6) is 5.75 Å². The van der Waals surface area contributed by atoms with E-state index in [0.717, 1.165) is 0 Å². The van der Waals surface area contributed by atoms with E-state index in [1.165, 1.54) is 12.1 Å². The van der Waals surface area contributed by atoms with Crippen LogP contribution in [-0.2, 0) is 0 Å². The van der Waals surface area contributed by atoms with Gasteiger partial charge in [-0.05, 0) is 0 Å². The maximum atomic E-state index is 10.3. The van der Waals surface area contributed by atoms with Gasteiger partial charge in [0.1, 0.15) is 0 Å². The SMILES string of the molecule is [I-].[Mg+2].[O-]c1ccccc1. The van der Waals surface area contributed by atoms with Gasteiger partial charge < -0.3 is 29.1 Å². The van der Waals surface area contributed by atoms with E-state index in [2.05, 4.69) is 0 Å². The van der Waals surface area contributed by atoms with Crippen molar-refractivity contribution in [3.63, 3.8) is 0 Å². The Balaban J connectivity index is 0. The molecule has 0 N–H and O–H groups in total. The standard InChI is InChI=1S/C6H6O.HI.Mg/c7-6-4-2-1-3-5-6;;/h1-5,7H;1H;/q;;+2/p-2. The van der Waals surface area contributed by atoms with Gasteiger partial charge in [0.15, 0.2) is 0 Å². The molecular formula is C6H5IMgO. The van der Waals surface area contributed by atoms with Crippen LogP contribution in [0, 0.1) is 0 Å². The molecule has 1 nitrogen and oxygen atoms in total. The molecule has 1 aromatic carbocycles. The molecule has 0 bridgehead atoms. The largest absolute Gasteiger partial charge is 2.00 e. The summed E-state index contributed by atoms with van der Waals surface area (Å²) in [6.45, 7) is 0. The molecule has 0 aliphatic rings.